The van der Waals surface area contributed by atoms with E-state index in [1.807, 2.05) is 42.5 Å². The second kappa shape index (κ2) is 6.32. The van der Waals surface area contributed by atoms with Gasteiger partial charge in [0.05, 0.1) is 6.42 Å². The topological polar surface area (TPSA) is 72.2 Å². The van der Waals surface area contributed by atoms with Crippen LogP contribution in [0.15, 0.2) is 66.7 Å². The van der Waals surface area contributed by atoms with Crippen molar-refractivity contribution in [2.45, 2.75) is 6.42 Å². The molecule has 2 amide bonds. The van der Waals surface area contributed by atoms with Crippen LogP contribution in [-0.4, -0.2) is 11.8 Å². The van der Waals surface area contributed by atoms with Crippen LogP contribution < -0.4 is 11.1 Å². The van der Waals surface area contributed by atoms with E-state index in [4.69, 9.17) is 5.73 Å². The fraction of sp³-hybridized carbons (Fsp3) is 0.0526. The Morgan fingerprint density at radius 1 is 0.870 bits per heavy atom. The maximum Gasteiger partial charge on any atom is 0.248 e. The first kappa shape index (κ1) is 14.8. The maximum absolute atomic E-state index is 12.2. The van der Waals surface area contributed by atoms with Crippen LogP contribution in [0.4, 0.5) is 5.69 Å². The molecule has 3 aromatic carbocycles. The number of anilines is 1. The number of benzene rings is 3. The normalized spacial score (nSPS) is 10.4. The molecule has 23 heavy (non-hydrogen) atoms. The number of carbonyl (C=O) groups excluding carboxylic acids is 2. The number of hydrogen-bond donors (Lipinski definition) is 2. The lowest BCUT2D eigenvalue weighted by Gasteiger charge is -2.07. The highest BCUT2D eigenvalue weighted by Crippen LogP contribution is 2.17. The number of rotatable bonds is 4. The zero-order valence-electron chi connectivity index (χ0n) is 12.5. The first-order valence-corrected chi connectivity index (χ1v) is 7.29. The second-order valence-electron chi connectivity index (χ2n) is 5.35. The van der Waals surface area contributed by atoms with Gasteiger partial charge in [-0.1, -0.05) is 48.5 Å². The smallest absolute Gasteiger partial charge is 0.248 e. The number of primary amides is 1. The van der Waals surface area contributed by atoms with Crippen LogP contribution in [0.25, 0.3) is 10.8 Å². The first-order chi connectivity index (χ1) is 11.1. The van der Waals surface area contributed by atoms with Crippen molar-refractivity contribution >= 4 is 28.3 Å². The monoisotopic (exact) mass is 304 g/mol. The molecule has 0 heterocycles. The van der Waals surface area contributed by atoms with Crippen molar-refractivity contribution in [3.63, 3.8) is 0 Å². The van der Waals surface area contributed by atoms with Gasteiger partial charge in [-0.25, -0.2) is 0 Å². The van der Waals surface area contributed by atoms with Crippen LogP contribution in [0.3, 0.4) is 0 Å². The molecule has 0 aliphatic carbocycles. The molecular weight excluding hydrogens is 288 g/mol. The lowest BCUT2D eigenvalue weighted by Crippen LogP contribution is -2.16. The van der Waals surface area contributed by atoms with Crippen molar-refractivity contribution in [3.05, 3.63) is 77.9 Å². The van der Waals surface area contributed by atoms with Crippen molar-refractivity contribution in [1.82, 2.24) is 0 Å². The molecule has 3 aromatic rings. The summed E-state index contributed by atoms with van der Waals surface area (Å²) in [5.74, 6) is -0.655. The molecule has 0 spiro atoms. The number of carbonyl (C=O) groups is 2. The number of fused-ring (bicyclic) bond motifs is 1. The van der Waals surface area contributed by atoms with Crippen LogP contribution in [0.5, 0.6) is 0 Å². The Hall–Kier alpha value is -3.14. The summed E-state index contributed by atoms with van der Waals surface area (Å²) < 4.78 is 0. The van der Waals surface area contributed by atoms with Gasteiger partial charge in [0, 0.05) is 11.3 Å². The summed E-state index contributed by atoms with van der Waals surface area (Å²) in [5, 5.41) is 5.04. The van der Waals surface area contributed by atoms with Crippen molar-refractivity contribution in [3.8, 4) is 0 Å². The first-order valence-electron chi connectivity index (χ1n) is 7.29. The molecule has 0 aliphatic heterocycles. The minimum atomic E-state index is -0.518. The molecule has 4 nitrogen and oxygen atoms in total. The lowest BCUT2D eigenvalue weighted by molar-refractivity contribution is -0.115. The lowest BCUT2D eigenvalue weighted by atomic mass is 10.0. The molecule has 3 N–H and O–H groups in total. The molecule has 4 heteroatoms. The molecule has 0 aliphatic rings. The summed E-state index contributed by atoms with van der Waals surface area (Å²) in [5.41, 5.74) is 7.11. The highest BCUT2D eigenvalue weighted by Gasteiger charge is 2.07. The van der Waals surface area contributed by atoms with Crippen molar-refractivity contribution in [2.75, 3.05) is 5.32 Å². The third-order valence-electron chi connectivity index (χ3n) is 3.61. The molecule has 0 unspecified atom stereocenters. The Labute approximate surface area is 133 Å². The van der Waals surface area contributed by atoms with Crippen LogP contribution in [0.1, 0.15) is 15.9 Å². The summed E-state index contributed by atoms with van der Waals surface area (Å²) >= 11 is 0. The highest BCUT2D eigenvalue weighted by atomic mass is 16.2. The molecule has 0 aromatic heterocycles. The fourth-order valence-electron chi connectivity index (χ4n) is 2.49. The second-order valence-corrected chi connectivity index (χ2v) is 5.35. The SMILES string of the molecule is NC(=O)c1cccc(NC(=O)Cc2ccc3ccccc3c2)c1. The number of nitrogens with two attached hydrogens (primary N) is 1. The van der Waals surface area contributed by atoms with Gasteiger partial charge in [0.1, 0.15) is 0 Å². The zero-order chi connectivity index (χ0) is 16.2. The van der Waals surface area contributed by atoms with Gasteiger partial charge < -0.3 is 11.1 Å². The molecule has 3 rings (SSSR count). The van der Waals surface area contributed by atoms with E-state index in [9.17, 15) is 9.59 Å². The Kier molecular flexibility index (Phi) is 4.06. The van der Waals surface area contributed by atoms with Gasteiger partial charge in [0.15, 0.2) is 0 Å². The van der Waals surface area contributed by atoms with E-state index in [2.05, 4.69) is 5.32 Å². The van der Waals surface area contributed by atoms with E-state index in [-0.39, 0.29) is 12.3 Å². The average molecular weight is 304 g/mol. The van der Waals surface area contributed by atoms with Gasteiger partial charge in [-0.3, -0.25) is 9.59 Å². The zero-order valence-corrected chi connectivity index (χ0v) is 12.5. The van der Waals surface area contributed by atoms with Crippen molar-refractivity contribution in [1.29, 1.82) is 0 Å². The van der Waals surface area contributed by atoms with E-state index in [0.717, 1.165) is 16.3 Å². The molecule has 0 saturated carbocycles. The average Bonchev–Trinajstić information content (AvgIpc) is 2.55. The number of nitrogens with one attached hydrogen (secondary N) is 1. The van der Waals surface area contributed by atoms with Gasteiger partial charge >= 0.3 is 0 Å². The standard InChI is InChI=1S/C19H16N2O2/c20-19(23)16-6-3-7-17(12-16)21-18(22)11-13-8-9-14-4-1-2-5-15(14)10-13/h1-10,12H,11H2,(H2,20,23)(H,21,22). The molecule has 114 valence electrons. The van der Waals surface area contributed by atoms with Crippen LogP contribution in [0.2, 0.25) is 0 Å². The summed E-state index contributed by atoms with van der Waals surface area (Å²) in [4.78, 5) is 23.3. The molecule has 0 bridgehead atoms. The Morgan fingerprint density at radius 3 is 2.43 bits per heavy atom. The Balaban J connectivity index is 1.73. The van der Waals surface area contributed by atoms with Crippen molar-refractivity contribution < 1.29 is 9.59 Å². The minimum absolute atomic E-state index is 0.137. The van der Waals surface area contributed by atoms with E-state index < -0.39 is 5.91 Å². The van der Waals surface area contributed by atoms with Gasteiger partial charge in [-0.2, -0.15) is 0 Å². The third-order valence-corrected chi connectivity index (χ3v) is 3.61. The third kappa shape index (κ3) is 3.55. The summed E-state index contributed by atoms with van der Waals surface area (Å²) in [6.45, 7) is 0. The molecule has 0 radical (unpaired) electrons. The summed E-state index contributed by atoms with van der Waals surface area (Å²) in [7, 11) is 0. The van der Waals surface area contributed by atoms with Gasteiger partial charge in [-0.05, 0) is 34.5 Å². The van der Waals surface area contributed by atoms with Crippen LogP contribution >= 0.6 is 0 Å². The highest BCUT2D eigenvalue weighted by molar-refractivity contribution is 5.97. The fourth-order valence-corrected chi connectivity index (χ4v) is 2.49. The van der Waals surface area contributed by atoms with E-state index in [1.54, 1.807) is 24.3 Å². The van der Waals surface area contributed by atoms with Gasteiger partial charge in [-0.15, -0.1) is 0 Å². The van der Waals surface area contributed by atoms with Gasteiger partial charge in [0.2, 0.25) is 11.8 Å². The quantitative estimate of drug-likeness (QED) is 0.777. The van der Waals surface area contributed by atoms with Crippen molar-refractivity contribution in [2.24, 2.45) is 5.73 Å². The largest absolute Gasteiger partial charge is 0.366 e. The van der Waals surface area contributed by atoms with Crippen LogP contribution in [-0.2, 0) is 11.2 Å². The Bertz CT molecular complexity index is 887. The van der Waals surface area contributed by atoms with E-state index >= 15 is 0 Å². The molecular formula is C19H16N2O2. The van der Waals surface area contributed by atoms with Gasteiger partial charge in [0.25, 0.3) is 0 Å². The van der Waals surface area contributed by atoms with E-state index in [1.165, 1.54) is 0 Å². The summed E-state index contributed by atoms with van der Waals surface area (Å²) in [6, 6.07) is 20.6. The van der Waals surface area contributed by atoms with E-state index in [0.29, 0.717) is 11.3 Å². The van der Waals surface area contributed by atoms with Crippen LogP contribution in [0, 0.1) is 0 Å². The maximum atomic E-state index is 12.2. The number of amides is 2. The molecule has 0 fully saturated rings. The predicted octanol–water partition coefficient (Wildman–Crippen LogP) is 3.12. The number of hydrogen-bond acceptors (Lipinski definition) is 2. The predicted molar refractivity (Wildman–Crippen MR) is 91.2 cm³/mol. The molecule has 0 saturated heterocycles. The Morgan fingerprint density at radius 2 is 1.65 bits per heavy atom. The molecule has 0 atom stereocenters. The minimum Gasteiger partial charge on any atom is -0.366 e. The summed E-state index contributed by atoms with van der Waals surface area (Å²) in [6.07, 6.45) is 0.269.